The Hall–Kier alpha value is -0.240. The number of quaternary nitrogens is 1. The molecule has 0 amide bonds. The summed E-state index contributed by atoms with van der Waals surface area (Å²) in [6.45, 7) is 1.11. The SMILES string of the molecule is C[N+](C)(C)CCc1ccccc1Cl.[Cl-]. The third-order valence-corrected chi connectivity index (χ3v) is 2.38. The Kier molecular flexibility index (Phi) is 5.50. The predicted octanol–water partition coefficient (Wildman–Crippen LogP) is -0.407. The number of rotatable bonds is 3. The first-order chi connectivity index (χ1) is 5.99. The van der Waals surface area contributed by atoms with Crippen molar-refractivity contribution in [2.75, 3.05) is 27.7 Å². The molecule has 0 spiro atoms. The van der Waals surface area contributed by atoms with Gasteiger partial charge < -0.3 is 16.9 Å². The van der Waals surface area contributed by atoms with Crippen LogP contribution < -0.4 is 12.4 Å². The number of nitrogens with zero attached hydrogens (tertiary/aromatic N) is 1. The average Bonchev–Trinajstić information content (AvgIpc) is 2.01. The first kappa shape index (κ1) is 13.8. The summed E-state index contributed by atoms with van der Waals surface area (Å²) in [7, 11) is 6.57. The second-order valence-electron chi connectivity index (χ2n) is 4.36. The molecule has 0 fully saturated rings. The Morgan fingerprint density at radius 1 is 1.14 bits per heavy atom. The summed E-state index contributed by atoms with van der Waals surface area (Å²) in [5, 5.41) is 0.885. The molecule has 0 atom stereocenters. The van der Waals surface area contributed by atoms with Gasteiger partial charge in [0.1, 0.15) is 0 Å². The van der Waals surface area contributed by atoms with Gasteiger partial charge in [-0.05, 0) is 11.6 Å². The lowest BCUT2D eigenvalue weighted by Gasteiger charge is -2.23. The Labute approximate surface area is 97.7 Å². The molecule has 1 rings (SSSR count). The maximum atomic E-state index is 6.05. The fraction of sp³-hybridized carbons (Fsp3) is 0.455. The van der Waals surface area contributed by atoms with Crippen molar-refractivity contribution >= 4 is 11.6 Å². The molecular weight excluding hydrogens is 217 g/mol. The molecule has 1 aromatic rings. The molecule has 14 heavy (non-hydrogen) atoms. The van der Waals surface area contributed by atoms with Gasteiger partial charge in [0.25, 0.3) is 0 Å². The Morgan fingerprint density at radius 2 is 1.71 bits per heavy atom. The molecule has 0 radical (unpaired) electrons. The van der Waals surface area contributed by atoms with E-state index in [0.29, 0.717) is 0 Å². The van der Waals surface area contributed by atoms with Crippen LogP contribution in [0.3, 0.4) is 0 Å². The molecule has 0 N–H and O–H groups in total. The van der Waals surface area contributed by atoms with Crippen LogP contribution in [0.15, 0.2) is 24.3 Å². The Bertz CT molecular complexity index is 279. The van der Waals surface area contributed by atoms with E-state index in [1.165, 1.54) is 5.56 Å². The summed E-state index contributed by atoms with van der Waals surface area (Å²) in [6, 6.07) is 8.05. The van der Waals surface area contributed by atoms with Crippen molar-refractivity contribution in [3.63, 3.8) is 0 Å². The van der Waals surface area contributed by atoms with Crippen LogP contribution in [0.1, 0.15) is 5.56 Å². The van der Waals surface area contributed by atoms with Crippen LogP contribution in [-0.4, -0.2) is 32.2 Å². The standard InChI is InChI=1S/C11H17ClN.ClH/c1-13(2,3)9-8-10-6-4-5-7-11(10)12;/h4-7H,8-9H2,1-3H3;1H/q+1;/p-1. The van der Waals surface area contributed by atoms with Crippen LogP contribution in [0.4, 0.5) is 0 Å². The summed E-state index contributed by atoms with van der Waals surface area (Å²) in [6.07, 6.45) is 1.04. The third-order valence-electron chi connectivity index (χ3n) is 2.01. The number of hydrogen-bond donors (Lipinski definition) is 0. The summed E-state index contributed by atoms with van der Waals surface area (Å²) in [5.41, 5.74) is 1.25. The molecule has 0 heterocycles. The number of benzene rings is 1. The van der Waals surface area contributed by atoms with E-state index in [4.69, 9.17) is 11.6 Å². The Morgan fingerprint density at radius 3 is 2.21 bits per heavy atom. The van der Waals surface area contributed by atoms with E-state index in [9.17, 15) is 0 Å². The fourth-order valence-electron chi connectivity index (χ4n) is 1.16. The van der Waals surface area contributed by atoms with Gasteiger partial charge in [0.05, 0.1) is 27.7 Å². The zero-order valence-electron chi connectivity index (χ0n) is 8.93. The van der Waals surface area contributed by atoms with Crippen molar-refractivity contribution in [1.29, 1.82) is 0 Å². The molecular formula is C11H17Cl2N. The average molecular weight is 234 g/mol. The molecule has 0 bridgehead atoms. The zero-order chi connectivity index (χ0) is 9.90. The van der Waals surface area contributed by atoms with E-state index in [0.717, 1.165) is 22.5 Å². The van der Waals surface area contributed by atoms with E-state index in [-0.39, 0.29) is 12.4 Å². The van der Waals surface area contributed by atoms with Gasteiger partial charge in [-0.3, -0.25) is 0 Å². The maximum Gasteiger partial charge on any atom is 0.0821 e. The summed E-state index contributed by atoms with van der Waals surface area (Å²) < 4.78 is 0.977. The predicted molar refractivity (Wildman–Crippen MR) is 58.1 cm³/mol. The second kappa shape index (κ2) is 5.59. The quantitative estimate of drug-likeness (QED) is 0.624. The van der Waals surface area contributed by atoms with Gasteiger partial charge in [-0.25, -0.2) is 0 Å². The van der Waals surface area contributed by atoms with Gasteiger partial charge in [-0.2, -0.15) is 0 Å². The zero-order valence-corrected chi connectivity index (χ0v) is 10.4. The van der Waals surface area contributed by atoms with Crippen LogP contribution >= 0.6 is 11.6 Å². The molecule has 1 nitrogen and oxygen atoms in total. The minimum absolute atomic E-state index is 0. The summed E-state index contributed by atoms with van der Waals surface area (Å²) >= 11 is 6.05. The highest BCUT2D eigenvalue weighted by atomic mass is 35.5. The first-order valence-electron chi connectivity index (χ1n) is 4.53. The maximum absolute atomic E-state index is 6.05. The minimum Gasteiger partial charge on any atom is -1.00 e. The molecule has 0 aliphatic rings. The van der Waals surface area contributed by atoms with Crippen LogP contribution in [0.5, 0.6) is 0 Å². The highest BCUT2D eigenvalue weighted by molar-refractivity contribution is 6.31. The molecule has 1 aromatic carbocycles. The topological polar surface area (TPSA) is 0 Å². The van der Waals surface area contributed by atoms with Crippen molar-refractivity contribution in [1.82, 2.24) is 0 Å². The molecule has 0 unspecified atom stereocenters. The molecule has 0 saturated carbocycles. The van der Waals surface area contributed by atoms with Gasteiger partial charge in [-0.1, -0.05) is 29.8 Å². The third kappa shape index (κ3) is 4.85. The van der Waals surface area contributed by atoms with E-state index >= 15 is 0 Å². The summed E-state index contributed by atoms with van der Waals surface area (Å²) in [4.78, 5) is 0. The van der Waals surface area contributed by atoms with Gasteiger partial charge >= 0.3 is 0 Å². The number of likely N-dealkylation sites (N-methyl/N-ethyl adjacent to an activating group) is 1. The van der Waals surface area contributed by atoms with Gasteiger partial charge in [-0.15, -0.1) is 0 Å². The van der Waals surface area contributed by atoms with Crippen molar-refractivity contribution in [2.45, 2.75) is 6.42 Å². The van der Waals surface area contributed by atoms with Gasteiger partial charge in [0.15, 0.2) is 0 Å². The first-order valence-corrected chi connectivity index (χ1v) is 4.91. The molecule has 80 valence electrons. The fourth-order valence-corrected chi connectivity index (χ4v) is 1.39. The molecule has 0 aliphatic carbocycles. The monoisotopic (exact) mass is 233 g/mol. The smallest absolute Gasteiger partial charge is 0.0821 e. The lowest BCUT2D eigenvalue weighted by atomic mass is 10.1. The second-order valence-corrected chi connectivity index (χ2v) is 4.76. The van der Waals surface area contributed by atoms with Gasteiger partial charge in [0.2, 0.25) is 0 Å². The minimum atomic E-state index is 0. The van der Waals surface area contributed by atoms with Crippen LogP contribution in [0.25, 0.3) is 0 Å². The lowest BCUT2D eigenvalue weighted by Crippen LogP contribution is -3.00. The largest absolute Gasteiger partial charge is 1.00 e. The van der Waals surface area contributed by atoms with Crippen LogP contribution in [-0.2, 0) is 6.42 Å². The molecule has 0 aliphatic heterocycles. The van der Waals surface area contributed by atoms with E-state index in [2.05, 4.69) is 27.2 Å². The molecule has 3 heteroatoms. The van der Waals surface area contributed by atoms with Crippen molar-refractivity contribution in [3.8, 4) is 0 Å². The van der Waals surface area contributed by atoms with Crippen LogP contribution in [0.2, 0.25) is 5.02 Å². The highest BCUT2D eigenvalue weighted by Crippen LogP contribution is 2.15. The van der Waals surface area contributed by atoms with E-state index < -0.39 is 0 Å². The summed E-state index contributed by atoms with van der Waals surface area (Å²) in [5.74, 6) is 0. The Balaban J connectivity index is 0.00000169. The van der Waals surface area contributed by atoms with E-state index in [1.54, 1.807) is 0 Å². The molecule has 0 saturated heterocycles. The number of halogens is 2. The van der Waals surface area contributed by atoms with Gasteiger partial charge in [0, 0.05) is 11.4 Å². The van der Waals surface area contributed by atoms with Crippen molar-refractivity contribution in [3.05, 3.63) is 34.9 Å². The lowest BCUT2D eigenvalue weighted by molar-refractivity contribution is -0.870. The van der Waals surface area contributed by atoms with Crippen LogP contribution in [0, 0.1) is 0 Å². The van der Waals surface area contributed by atoms with Crippen molar-refractivity contribution < 1.29 is 16.9 Å². The highest BCUT2D eigenvalue weighted by Gasteiger charge is 2.08. The number of hydrogen-bond acceptors (Lipinski definition) is 0. The van der Waals surface area contributed by atoms with Crippen molar-refractivity contribution in [2.24, 2.45) is 0 Å². The molecule has 0 aromatic heterocycles. The normalized spacial score (nSPS) is 10.9. The van der Waals surface area contributed by atoms with E-state index in [1.807, 2.05) is 18.2 Å².